The van der Waals surface area contributed by atoms with Crippen molar-refractivity contribution in [3.63, 3.8) is 0 Å². The Morgan fingerprint density at radius 1 is 0.854 bits per heavy atom. The molecule has 0 radical (unpaired) electrons. The highest BCUT2D eigenvalue weighted by atomic mass is 16.5. The van der Waals surface area contributed by atoms with Gasteiger partial charge in [-0.2, -0.15) is 0 Å². The van der Waals surface area contributed by atoms with Gasteiger partial charge in [-0.3, -0.25) is 15.0 Å². The molecule has 41 heavy (non-hydrogen) atoms. The summed E-state index contributed by atoms with van der Waals surface area (Å²) in [5.74, 6) is -0.804. The Morgan fingerprint density at radius 3 is 2.12 bits per heavy atom. The topological polar surface area (TPSA) is 115 Å². The van der Waals surface area contributed by atoms with Crippen LogP contribution in [0.5, 0.6) is 5.75 Å². The molecular weight excluding hydrogens is 514 g/mol. The van der Waals surface area contributed by atoms with Crippen molar-refractivity contribution in [1.82, 2.24) is 5.32 Å². The molecule has 0 unspecified atom stereocenters. The van der Waals surface area contributed by atoms with Crippen LogP contribution in [0.1, 0.15) is 27.0 Å². The SMILES string of the molecule is COC(=O)[C@H](Cc1cccc(C(=N)N)c1)[C@@H](/C=C/c1ccccc1)NC(=O)c1ccc(-c2ccc(OC)cc2)cc1. The Bertz CT molecular complexity index is 1510. The molecule has 0 spiro atoms. The summed E-state index contributed by atoms with van der Waals surface area (Å²) >= 11 is 0. The molecular formula is C34H33N3O4. The van der Waals surface area contributed by atoms with Crippen molar-refractivity contribution < 1.29 is 19.1 Å². The summed E-state index contributed by atoms with van der Waals surface area (Å²) in [6.45, 7) is 0. The normalized spacial score (nSPS) is 12.3. The van der Waals surface area contributed by atoms with Gasteiger partial charge in [-0.1, -0.05) is 84.9 Å². The predicted octanol–water partition coefficient (Wildman–Crippen LogP) is 5.49. The molecule has 0 aliphatic carbocycles. The van der Waals surface area contributed by atoms with Crippen LogP contribution in [0.4, 0.5) is 0 Å². The van der Waals surface area contributed by atoms with Gasteiger partial charge in [0.2, 0.25) is 0 Å². The van der Waals surface area contributed by atoms with Gasteiger partial charge in [0.05, 0.1) is 26.2 Å². The molecule has 0 aliphatic heterocycles. The van der Waals surface area contributed by atoms with Gasteiger partial charge in [0.25, 0.3) is 5.91 Å². The van der Waals surface area contributed by atoms with E-state index in [4.69, 9.17) is 20.6 Å². The summed E-state index contributed by atoms with van der Waals surface area (Å²) < 4.78 is 10.4. The first-order valence-corrected chi connectivity index (χ1v) is 13.2. The third-order valence-corrected chi connectivity index (χ3v) is 6.79. The van der Waals surface area contributed by atoms with Gasteiger partial charge in [0.15, 0.2) is 0 Å². The molecule has 0 bridgehead atoms. The van der Waals surface area contributed by atoms with Crippen molar-refractivity contribution in [3.05, 3.63) is 131 Å². The molecule has 0 aromatic heterocycles. The van der Waals surface area contributed by atoms with Gasteiger partial charge in [-0.15, -0.1) is 0 Å². The van der Waals surface area contributed by atoms with Gasteiger partial charge >= 0.3 is 5.97 Å². The first-order valence-electron chi connectivity index (χ1n) is 13.2. The molecule has 4 rings (SSSR count). The minimum absolute atomic E-state index is 0.0617. The minimum atomic E-state index is -0.732. The van der Waals surface area contributed by atoms with Crippen LogP contribution < -0.4 is 15.8 Å². The van der Waals surface area contributed by atoms with Crippen molar-refractivity contribution in [1.29, 1.82) is 5.41 Å². The second-order valence-electron chi connectivity index (χ2n) is 9.52. The number of carbonyl (C=O) groups is 2. The molecule has 0 heterocycles. The number of nitrogen functional groups attached to an aromatic ring is 1. The monoisotopic (exact) mass is 547 g/mol. The standard InChI is InChI=1S/C34H33N3O4/c1-40-29-18-16-26(17-19-29)25-12-14-27(15-13-25)33(38)37-31(20-11-23-7-4-3-5-8-23)30(34(39)41-2)22-24-9-6-10-28(21-24)32(35)36/h3-21,30-31H,22H2,1-2H3,(H3,35,36)(H,37,38)/b20-11+/t30-,31-/m1/s1. The number of ether oxygens (including phenoxy) is 2. The first kappa shape index (κ1) is 28.8. The number of amides is 1. The maximum absolute atomic E-state index is 13.5. The molecule has 7 heteroatoms. The lowest BCUT2D eigenvalue weighted by Crippen LogP contribution is -2.43. The second-order valence-corrected chi connectivity index (χ2v) is 9.52. The third-order valence-electron chi connectivity index (χ3n) is 6.79. The van der Waals surface area contributed by atoms with E-state index in [0.717, 1.165) is 28.0 Å². The zero-order chi connectivity index (χ0) is 29.2. The lowest BCUT2D eigenvalue weighted by Gasteiger charge is -2.24. The smallest absolute Gasteiger partial charge is 0.311 e. The summed E-state index contributed by atoms with van der Waals surface area (Å²) in [5, 5.41) is 10.8. The summed E-state index contributed by atoms with van der Waals surface area (Å²) in [4.78, 5) is 26.5. The fourth-order valence-corrected chi connectivity index (χ4v) is 4.52. The predicted molar refractivity (Wildman–Crippen MR) is 162 cm³/mol. The Kier molecular flexibility index (Phi) is 9.67. The van der Waals surface area contributed by atoms with Gasteiger partial charge in [-0.05, 0) is 59.0 Å². The number of nitrogens with one attached hydrogen (secondary N) is 2. The third kappa shape index (κ3) is 7.70. The average Bonchev–Trinajstić information content (AvgIpc) is 3.02. The number of hydrogen-bond donors (Lipinski definition) is 3. The minimum Gasteiger partial charge on any atom is -0.497 e. The van der Waals surface area contributed by atoms with E-state index in [-0.39, 0.29) is 18.2 Å². The van der Waals surface area contributed by atoms with Crippen LogP contribution in [-0.2, 0) is 16.0 Å². The van der Waals surface area contributed by atoms with E-state index in [1.807, 2.05) is 84.9 Å². The zero-order valence-corrected chi connectivity index (χ0v) is 23.0. The maximum atomic E-state index is 13.5. The van der Waals surface area contributed by atoms with Crippen molar-refractivity contribution in [2.24, 2.45) is 11.7 Å². The highest BCUT2D eigenvalue weighted by Crippen LogP contribution is 2.23. The van der Waals surface area contributed by atoms with Crippen LogP contribution in [0.15, 0.2) is 109 Å². The molecule has 4 aromatic carbocycles. The quantitative estimate of drug-likeness (QED) is 0.131. The van der Waals surface area contributed by atoms with Crippen molar-refractivity contribution in [2.45, 2.75) is 12.5 Å². The summed E-state index contributed by atoms with van der Waals surface area (Å²) in [6.07, 6.45) is 3.96. The lowest BCUT2D eigenvalue weighted by molar-refractivity contribution is -0.145. The van der Waals surface area contributed by atoms with Crippen molar-refractivity contribution in [3.8, 4) is 16.9 Å². The van der Waals surface area contributed by atoms with Crippen LogP contribution in [0.2, 0.25) is 0 Å². The molecule has 0 saturated heterocycles. The summed E-state index contributed by atoms with van der Waals surface area (Å²) in [7, 11) is 2.96. The maximum Gasteiger partial charge on any atom is 0.311 e. The second kappa shape index (κ2) is 13.8. The van der Waals surface area contributed by atoms with Gasteiger partial charge in [-0.25, -0.2) is 0 Å². The van der Waals surface area contributed by atoms with Crippen LogP contribution in [0, 0.1) is 11.3 Å². The Balaban J connectivity index is 1.61. The number of esters is 1. The van der Waals surface area contributed by atoms with E-state index in [9.17, 15) is 9.59 Å². The van der Waals surface area contributed by atoms with E-state index in [2.05, 4.69) is 5.32 Å². The van der Waals surface area contributed by atoms with E-state index < -0.39 is 17.9 Å². The fraction of sp³-hybridized carbons (Fsp3) is 0.147. The van der Waals surface area contributed by atoms with Gasteiger partial charge in [0.1, 0.15) is 11.6 Å². The number of methoxy groups -OCH3 is 2. The molecule has 0 aliphatic rings. The van der Waals surface area contributed by atoms with Crippen LogP contribution in [0.25, 0.3) is 17.2 Å². The molecule has 4 aromatic rings. The number of benzene rings is 4. The lowest BCUT2D eigenvalue weighted by atomic mass is 9.90. The molecule has 0 fully saturated rings. The summed E-state index contributed by atoms with van der Waals surface area (Å²) in [5.41, 5.74) is 10.4. The zero-order valence-electron chi connectivity index (χ0n) is 23.0. The largest absolute Gasteiger partial charge is 0.497 e. The average molecular weight is 548 g/mol. The summed E-state index contributed by atoms with van der Waals surface area (Å²) in [6, 6.07) is 31.1. The number of hydrogen-bond acceptors (Lipinski definition) is 5. The van der Waals surface area contributed by atoms with Gasteiger partial charge < -0.3 is 20.5 Å². The van der Waals surface area contributed by atoms with Gasteiger partial charge in [0, 0.05) is 11.1 Å². The van der Waals surface area contributed by atoms with Crippen LogP contribution in [-0.4, -0.2) is 38.0 Å². The highest BCUT2D eigenvalue weighted by Gasteiger charge is 2.30. The van der Waals surface area contributed by atoms with E-state index in [1.54, 1.807) is 37.4 Å². The first-order chi connectivity index (χ1) is 19.9. The molecule has 0 saturated carbocycles. The Hall–Kier alpha value is -5.17. The molecule has 208 valence electrons. The fourth-order valence-electron chi connectivity index (χ4n) is 4.52. The number of rotatable bonds is 11. The van der Waals surface area contributed by atoms with Crippen molar-refractivity contribution in [2.75, 3.05) is 14.2 Å². The molecule has 2 atom stereocenters. The van der Waals surface area contributed by atoms with E-state index >= 15 is 0 Å². The molecule has 7 nitrogen and oxygen atoms in total. The Labute approximate surface area is 240 Å². The Morgan fingerprint density at radius 2 is 1.51 bits per heavy atom. The number of amidine groups is 1. The molecule has 4 N–H and O–H groups in total. The van der Waals surface area contributed by atoms with E-state index in [0.29, 0.717) is 11.1 Å². The number of nitrogens with two attached hydrogens (primary N) is 1. The van der Waals surface area contributed by atoms with Crippen LogP contribution in [0.3, 0.4) is 0 Å². The van der Waals surface area contributed by atoms with E-state index in [1.165, 1.54) is 7.11 Å². The van der Waals surface area contributed by atoms with Crippen molar-refractivity contribution >= 4 is 23.8 Å². The highest BCUT2D eigenvalue weighted by molar-refractivity contribution is 5.96. The van der Waals surface area contributed by atoms with Crippen LogP contribution >= 0.6 is 0 Å². The molecule has 1 amide bonds. The number of carbonyl (C=O) groups excluding carboxylic acids is 2.